The van der Waals surface area contributed by atoms with Gasteiger partial charge in [0.15, 0.2) is 0 Å². The molecule has 1 aromatic carbocycles. The molecule has 12 heteroatoms. The lowest BCUT2D eigenvalue weighted by Gasteiger charge is -2.31. The summed E-state index contributed by atoms with van der Waals surface area (Å²) in [4.78, 5) is 28.0. The third-order valence-corrected chi connectivity index (χ3v) is 6.59. The SMILES string of the molecule is CN1[C@H]2CC[C@@H]1c1c(sc(NC(=O)Nc3ccc(Cl)cc3)c1C(N)=O)C2.CS(=O)(=O)O. The molecule has 0 radical (unpaired) electrons. The number of thiophene rings is 1. The van der Waals surface area contributed by atoms with Crippen molar-refractivity contribution in [3.63, 3.8) is 0 Å². The summed E-state index contributed by atoms with van der Waals surface area (Å²) in [6.07, 6.45) is 3.75. The Labute approximate surface area is 189 Å². The average Bonchev–Trinajstić information content (AvgIpc) is 3.10. The van der Waals surface area contributed by atoms with Crippen LogP contribution in [0.1, 0.15) is 39.7 Å². The standard InChI is InChI=1S/C18H19ClN4O2S.CH4O3S/c1-23-11-6-7-12(23)14-13(8-11)26-17(15(14)16(20)24)22-18(25)21-10-4-2-9(19)3-5-10;1-5(2,3)4/h2-5,11-12H,6-8H2,1H3,(H2,20,24)(H2,21,22,25);1H3,(H,2,3,4)/t11-,12+;/m0./s1. The first kappa shape index (κ1) is 23.5. The van der Waals surface area contributed by atoms with Crippen molar-refractivity contribution >= 4 is 55.7 Å². The van der Waals surface area contributed by atoms with Gasteiger partial charge in [0.05, 0.1) is 11.8 Å². The van der Waals surface area contributed by atoms with Crippen LogP contribution in [0.25, 0.3) is 0 Å². The molecule has 2 aromatic rings. The Balaban J connectivity index is 0.000000491. The van der Waals surface area contributed by atoms with Crippen LogP contribution < -0.4 is 16.4 Å². The predicted octanol–water partition coefficient (Wildman–Crippen LogP) is 3.34. The molecule has 4 rings (SSSR count). The average molecular weight is 487 g/mol. The largest absolute Gasteiger partial charge is 0.365 e. The highest BCUT2D eigenvalue weighted by Crippen LogP contribution is 2.49. The van der Waals surface area contributed by atoms with Crippen molar-refractivity contribution in [3.8, 4) is 0 Å². The molecule has 1 saturated heterocycles. The Morgan fingerprint density at radius 1 is 1.23 bits per heavy atom. The van der Waals surface area contributed by atoms with E-state index in [4.69, 9.17) is 21.9 Å². The molecule has 2 aliphatic heterocycles. The van der Waals surface area contributed by atoms with Crippen LogP contribution >= 0.6 is 22.9 Å². The summed E-state index contributed by atoms with van der Waals surface area (Å²) in [5, 5.41) is 6.66. The van der Waals surface area contributed by atoms with Gasteiger partial charge < -0.3 is 11.1 Å². The highest BCUT2D eigenvalue weighted by molar-refractivity contribution is 7.85. The molecule has 9 nitrogen and oxygen atoms in total. The van der Waals surface area contributed by atoms with Gasteiger partial charge in [0.2, 0.25) is 0 Å². The van der Waals surface area contributed by atoms with Crippen LogP contribution in [-0.2, 0) is 16.5 Å². The number of carbonyl (C=O) groups is 2. The smallest absolute Gasteiger partial charge is 0.324 e. The number of nitrogens with zero attached hydrogens (tertiary/aromatic N) is 1. The molecule has 168 valence electrons. The Kier molecular flexibility index (Phi) is 6.92. The second kappa shape index (κ2) is 9.13. The van der Waals surface area contributed by atoms with Gasteiger partial charge in [0, 0.05) is 27.7 Å². The van der Waals surface area contributed by atoms with Gasteiger partial charge in [-0.05, 0) is 56.1 Å². The van der Waals surface area contributed by atoms with Crippen molar-refractivity contribution in [2.45, 2.75) is 31.3 Å². The van der Waals surface area contributed by atoms with Crippen molar-refractivity contribution in [1.82, 2.24) is 4.90 Å². The zero-order chi connectivity index (χ0) is 22.9. The van der Waals surface area contributed by atoms with E-state index in [1.165, 1.54) is 11.3 Å². The summed E-state index contributed by atoms with van der Waals surface area (Å²) in [6.45, 7) is 0. The van der Waals surface area contributed by atoms with Crippen LogP contribution in [0, 0.1) is 0 Å². The molecule has 0 spiro atoms. The third kappa shape index (κ3) is 5.74. The van der Waals surface area contributed by atoms with E-state index in [2.05, 4.69) is 22.6 Å². The second-order valence-corrected chi connectivity index (χ2v) is 10.5. The summed E-state index contributed by atoms with van der Waals surface area (Å²) in [5.41, 5.74) is 7.74. The molecule has 2 aliphatic rings. The van der Waals surface area contributed by atoms with Crippen LogP contribution in [0.3, 0.4) is 0 Å². The topological polar surface area (TPSA) is 142 Å². The lowest BCUT2D eigenvalue weighted by Crippen LogP contribution is -2.34. The molecule has 3 amide bonds. The number of amides is 3. The van der Waals surface area contributed by atoms with Crippen LogP contribution in [-0.4, -0.2) is 49.2 Å². The highest BCUT2D eigenvalue weighted by atomic mass is 35.5. The van der Waals surface area contributed by atoms with Crippen molar-refractivity contribution in [2.24, 2.45) is 5.73 Å². The van der Waals surface area contributed by atoms with Gasteiger partial charge in [-0.1, -0.05) is 11.6 Å². The van der Waals surface area contributed by atoms with Crippen molar-refractivity contribution in [2.75, 3.05) is 23.9 Å². The maximum absolute atomic E-state index is 12.4. The van der Waals surface area contributed by atoms with E-state index in [0.717, 1.165) is 29.7 Å². The van der Waals surface area contributed by atoms with Gasteiger partial charge in [0.1, 0.15) is 5.00 Å². The van der Waals surface area contributed by atoms with Crippen molar-refractivity contribution in [3.05, 3.63) is 45.3 Å². The number of nitrogens with two attached hydrogens (primary N) is 1. The minimum absolute atomic E-state index is 0.206. The van der Waals surface area contributed by atoms with E-state index in [9.17, 15) is 18.0 Å². The number of likely N-dealkylation sites (N-methyl/N-ethyl adjacent to an activating group) is 1. The summed E-state index contributed by atoms with van der Waals surface area (Å²) < 4.78 is 25.9. The summed E-state index contributed by atoms with van der Waals surface area (Å²) in [7, 11) is -1.58. The number of fused-ring (bicyclic) bond motifs is 4. The lowest BCUT2D eigenvalue weighted by atomic mass is 9.97. The number of primary amides is 1. The predicted molar refractivity (Wildman–Crippen MR) is 122 cm³/mol. The number of anilines is 2. The molecular formula is C19H23ClN4O5S2. The van der Waals surface area contributed by atoms with Gasteiger partial charge in [-0.25, -0.2) is 4.79 Å². The summed E-state index contributed by atoms with van der Waals surface area (Å²) in [6, 6.07) is 7.12. The molecule has 1 aromatic heterocycles. The van der Waals surface area contributed by atoms with Gasteiger partial charge in [-0.3, -0.25) is 19.6 Å². The minimum Gasteiger partial charge on any atom is -0.365 e. The van der Waals surface area contributed by atoms with Gasteiger partial charge >= 0.3 is 6.03 Å². The first-order valence-corrected chi connectivity index (χ1v) is 12.4. The van der Waals surface area contributed by atoms with Crippen LogP contribution in [0.4, 0.5) is 15.5 Å². The van der Waals surface area contributed by atoms with Crippen molar-refractivity contribution < 1.29 is 22.6 Å². The molecule has 0 saturated carbocycles. The van der Waals surface area contributed by atoms with E-state index in [-0.39, 0.29) is 6.04 Å². The van der Waals surface area contributed by atoms with Crippen LogP contribution in [0.5, 0.6) is 0 Å². The van der Waals surface area contributed by atoms with E-state index in [0.29, 0.717) is 33.6 Å². The van der Waals surface area contributed by atoms with E-state index >= 15 is 0 Å². The molecule has 31 heavy (non-hydrogen) atoms. The number of rotatable bonds is 3. The Bertz CT molecular complexity index is 1090. The van der Waals surface area contributed by atoms with Crippen LogP contribution in [0.15, 0.2) is 24.3 Å². The van der Waals surface area contributed by atoms with E-state index in [1.807, 2.05) is 0 Å². The van der Waals surface area contributed by atoms with Crippen LogP contribution in [0.2, 0.25) is 5.02 Å². The number of carbonyl (C=O) groups excluding carboxylic acids is 2. The molecule has 1 fully saturated rings. The number of hydrogen-bond donors (Lipinski definition) is 4. The summed E-state index contributed by atoms with van der Waals surface area (Å²) in [5.74, 6) is -0.497. The van der Waals surface area contributed by atoms with E-state index < -0.39 is 22.1 Å². The van der Waals surface area contributed by atoms with E-state index in [1.54, 1.807) is 24.3 Å². The number of benzene rings is 1. The number of halogens is 1. The first-order valence-electron chi connectivity index (χ1n) is 9.37. The monoisotopic (exact) mass is 486 g/mol. The molecule has 3 heterocycles. The normalized spacial score (nSPS) is 19.7. The maximum Gasteiger partial charge on any atom is 0.324 e. The van der Waals surface area contributed by atoms with Gasteiger partial charge in [0.25, 0.3) is 16.0 Å². The number of hydrogen-bond acceptors (Lipinski definition) is 6. The third-order valence-electron chi connectivity index (χ3n) is 5.19. The molecule has 0 aliphatic carbocycles. The molecule has 2 bridgehead atoms. The van der Waals surface area contributed by atoms with Crippen molar-refractivity contribution in [1.29, 1.82) is 0 Å². The van der Waals surface area contributed by atoms with Gasteiger partial charge in [-0.15, -0.1) is 11.3 Å². The molecule has 0 unspecified atom stereocenters. The fourth-order valence-corrected chi connectivity index (χ4v) is 5.40. The Morgan fingerprint density at radius 3 is 2.42 bits per heavy atom. The fraction of sp³-hybridized carbons (Fsp3) is 0.368. The lowest BCUT2D eigenvalue weighted by molar-refractivity contribution is 0.0997. The Morgan fingerprint density at radius 2 is 1.84 bits per heavy atom. The quantitative estimate of drug-likeness (QED) is 0.490. The second-order valence-electron chi connectivity index (χ2n) is 7.44. The zero-order valence-electron chi connectivity index (χ0n) is 16.9. The highest BCUT2D eigenvalue weighted by Gasteiger charge is 2.42. The molecule has 2 atom stereocenters. The Hall–Kier alpha value is -2.18. The fourth-order valence-electron chi connectivity index (χ4n) is 3.95. The molecular weight excluding hydrogens is 464 g/mol. The number of nitrogens with one attached hydrogen (secondary N) is 2. The number of urea groups is 1. The minimum atomic E-state index is -3.67. The zero-order valence-corrected chi connectivity index (χ0v) is 19.3. The first-order chi connectivity index (χ1) is 14.4. The summed E-state index contributed by atoms with van der Waals surface area (Å²) >= 11 is 7.31. The molecule has 5 N–H and O–H groups in total. The van der Waals surface area contributed by atoms with Gasteiger partial charge in [-0.2, -0.15) is 8.42 Å². The maximum atomic E-state index is 12.4.